The van der Waals surface area contributed by atoms with Crippen LogP contribution in [-0.4, -0.2) is 50.9 Å². The summed E-state index contributed by atoms with van der Waals surface area (Å²) in [5.74, 6) is 0.0960. The molecule has 2 aromatic heterocycles. The summed E-state index contributed by atoms with van der Waals surface area (Å²) >= 11 is 0. The van der Waals surface area contributed by atoms with Gasteiger partial charge in [-0.05, 0) is 50.8 Å². The lowest BCUT2D eigenvalue weighted by molar-refractivity contribution is -0.130. The minimum absolute atomic E-state index is 0.0382. The summed E-state index contributed by atoms with van der Waals surface area (Å²) in [6.45, 7) is 6.10. The fourth-order valence-electron chi connectivity index (χ4n) is 4.10. The van der Waals surface area contributed by atoms with Gasteiger partial charge in [-0.2, -0.15) is 5.10 Å². The van der Waals surface area contributed by atoms with Crippen molar-refractivity contribution >= 4 is 28.4 Å². The van der Waals surface area contributed by atoms with E-state index in [-0.39, 0.29) is 11.8 Å². The number of hydrogen-bond donors (Lipinski definition) is 1. The number of benzene rings is 1. The lowest BCUT2D eigenvalue weighted by atomic mass is 10.1. The van der Waals surface area contributed by atoms with Crippen molar-refractivity contribution in [3.63, 3.8) is 0 Å². The number of rotatable bonds is 6. The van der Waals surface area contributed by atoms with Crippen molar-refractivity contribution in [2.45, 2.75) is 46.0 Å². The number of amides is 2. The summed E-state index contributed by atoms with van der Waals surface area (Å²) in [6, 6.07) is 7.97. The van der Waals surface area contributed by atoms with E-state index < -0.39 is 0 Å². The van der Waals surface area contributed by atoms with Crippen molar-refractivity contribution < 1.29 is 9.59 Å². The van der Waals surface area contributed by atoms with Gasteiger partial charge >= 0.3 is 0 Å². The van der Waals surface area contributed by atoms with E-state index in [4.69, 9.17) is 4.98 Å². The van der Waals surface area contributed by atoms with Crippen molar-refractivity contribution in [1.82, 2.24) is 24.8 Å². The van der Waals surface area contributed by atoms with E-state index >= 15 is 0 Å². The Morgan fingerprint density at radius 2 is 1.86 bits per heavy atom. The smallest absolute Gasteiger partial charge is 0.224 e. The molecule has 1 aliphatic rings. The number of hydrogen-bond acceptors (Lipinski definition) is 4. The molecule has 3 heterocycles. The summed E-state index contributed by atoms with van der Waals surface area (Å²) in [4.78, 5) is 31.0. The second kappa shape index (κ2) is 8.19. The highest BCUT2D eigenvalue weighted by Crippen LogP contribution is 2.22. The first-order valence-electron chi connectivity index (χ1n) is 10.3. The molecule has 0 aliphatic carbocycles. The molecule has 29 heavy (non-hydrogen) atoms. The Balaban J connectivity index is 1.38. The first-order chi connectivity index (χ1) is 14.0. The Morgan fingerprint density at radius 1 is 1.10 bits per heavy atom. The molecule has 1 N–H and O–H groups in total. The Hall–Kier alpha value is -2.96. The van der Waals surface area contributed by atoms with E-state index in [1.807, 2.05) is 47.5 Å². The molecule has 1 fully saturated rings. The number of likely N-dealkylation sites (tertiary alicyclic amines) is 1. The van der Waals surface area contributed by atoms with Gasteiger partial charge in [-0.25, -0.2) is 9.50 Å². The van der Waals surface area contributed by atoms with Gasteiger partial charge in [0.05, 0.1) is 5.52 Å². The number of nitrogens with zero attached hydrogens (tertiary/aromatic N) is 4. The highest BCUT2D eigenvalue weighted by molar-refractivity contribution is 5.92. The normalized spacial score (nSPS) is 14.1. The zero-order valence-electron chi connectivity index (χ0n) is 17.1. The zero-order valence-corrected chi connectivity index (χ0v) is 17.1. The molecule has 0 atom stereocenters. The molecule has 152 valence electrons. The highest BCUT2D eigenvalue weighted by atomic mass is 16.2. The van der Waals surface area contributed by atoms with Crippen LogP contribution >= 0.6 is 0 Å². The predicted molar refractivity (Wildman–Crippen MR) is 112 cm³/mol. The van der Waals surface area contributed by atoms with Crippen LogP contribution in [0.25, 0.3) is 16.6 Å². The summed E-state index contributed by atoms with van der Waals surface area (Å²) in [5.41, 5.74) is 4.76. The average molecular weight is 393 g/mol. The molecule has 4 rings (SSSR count). The Bertz CT molecular complexity index is 1070. The predicted octanol–water partition coefficient (Wildman–Crippen LogP) is 2.56. The van der Waals surface area contributed by atoms with Crippen LogP contribution in [0.3, 0.4) is 0 Å². The topological polar surface area (TPSA) is 79.6 Å². The SMILES string of the molecule is Cc1nc2c3ccccc3nn2c(C)c1CCC(=O)NCCC(=O)N1CCCC1. The van der Waals surface area contributed by atoms with Crippen molar-refractivity contribution in [3.05, 3.63) is 41.2 Å². The van der Waals surface area contributed by atoms with Gasteiger partial charge in [0.25, 0.3) is 0 Å². The van der Waals surface area contributed by atoms with Gasteiger partial charge in [-0.3, -0.25) is 9.59 Å². The molecule has 7 heteroatoms. The molecule has 2 amide bonds. The van der Waals surface area contributed by atoms with Gasteiger partial charge in [-0.1, -0.05) is 12.1 Å². The van der Waals surface area contributed by atoms with Crippen LogP contribution in [0.4, 0.5) is 0 Å². The second-order valence-corrected chi connectivity index (χ2v) is 7.70. The molecule has 1 aliphatic heterocycles. The highest BCUT2D eigenvalue weighted by Gasteiger charge is 2.18. The summed E-state index contributed by atoms with van der Waals surface area (Å²) in [6.07, 6.45) is 3.51. The molecule has 7 nitrogen and oxygen atoms in total. The molecular formula is C22H27N5O2. The number of aromatic nitrogens is 3. The lowest BCUT2D eigenvalue weighted by Crippen LogP contribution is -2.32. The third kappa shape index (κ3) is 3.95. The van der Waals surface area contributed by atoms with E-state index in [1.165, 1.54) is 0 Å². The first-order valence-corrected chi connectivity index (χ1v) is 10.3. The molecule has 1 aromatic carbocycles. The summed E-state index contributed by atoms with van der Waals surface area (Å²) in [7, 11) is 0. The summed E-state index contributed by atoms with van der Waals surface area (Å²) in [5, 5.41) is 8.57. The van der Waals surface area contributed by atoms with Crippen LogP contribution in [0, 0.1) is 13.8 Å². The maximum absolute atomic E-state index is 12.3. The van der Waals surface area contributed by atoms with Crippen molar-refractivity contribution in [1.29, 1.82) is 0 Å². The van der Waals surface area contributed by atoms with Crippen LogP contribution in [0.5, 0.6) is 0 Å². The number of carbonyl (C=O) groups is 2. The second-order valence-electron chi connectivity index (χ2n) is 7.70. The lowest BCUT2D eigenvalue weighted by Gasteiger charge is -2.15. The van der Waals surface area contributed by atoms with Crippen LogP contribution in [0.2, 0.25) is 0 Å². The third-order valence-electron chi connectivity index (χ3n) is 5.74. The molecule has 0 spiro atoms. The Morgan fingerprint density at radius 3 is 2.66 bits per heavy atom. The van der Waals surface area contributed by atoms with Gasteiger partial charge < -0.3 is 10.2 Å². The Kier molecular flexibility index (Phi) is 5.47. The molecule has 3 aromatic rings. The monoisotopic (exact) mass is 393 g/mol. The van der Waals surface area contributed by atoms with Gasteiger partial charge in [0.1, 0.15) is 0 Å². The van der Waals surface area contributed by atoms with Crippen molar-refractivity contribution in [2.24, 2.45) is 0 Å². The maximum Gasteiger partial charge on any atom is 0.224 e. The van der Waals surface area contributed by atoms with E-state index in [0.717, 1.165) is 59.4 Å². The van der Waals surface area contributed by atoms with Crippen molar-refractivity contribution in [2.75, 3.05) is 19.6 Å². The minimum Gasteiger partial charge on any atom is -0.356 e. The minimum atomic E-state index is -0.0382. The largest absolute Gasteiger partial charge is 0.356 e. The molecular weight excluding hydrogens is 366 g/mol. The third-order valence-corrected chi connectivity index (χ3v) is 5.74. The average Bonchev–Trinajstić information content (AvgIpc) is 3.36. The number of carbonyl (C=O) groups excluding carboxylic acids is 2. The first kappa shape index (κ1) is 19.4. The van der Waals surface area contributed by atoms with Crippen LogP contribution < -0.4 is 5.32 Å². The van der Waals surface area contributed by atoms with Gasteiger partial charge in [0.2, 0.25) is 11.8 Å². The fraction of sp³-hybridized carbons (Fsp3) is 0.455. The number of fused-ring (bicyclic) bond motifs is 3. The van der Waals surface area contributed by atoms with Crippen molar-refractivity contribution in [3.8, 4) is 0 Å². The van der Waals surface area contributed by atoms with E-state index in [0.29, 0.717) is 25.8 Å². The molecule has 1 saturated heterocycles. The maximum atomic E-state index is 12.3. The fourth-order valence-corrected chi connectivity index (χ4v) is 4.10. The van der Waals surface area contributed by atoms with Crippen LogP contribution in [0.1, 0.15) is 42.6 Å². The quantitative estimate of drug-likeness (QED) is 0.698. The number of nitrogens with one attached hydrogen (secondary N) is 1. The molecule has 0 unspecified atom stereocenters. The van der Waals surface area contributed by atoms with E-state index in [1.54, 1.807) is 0 Å². The van der Waals surface area contributed by atoms with E-state index in [2.05, 4.69) is 10.4 Å². The van der Waals surface area contributed by atoms with E-state index in [9.17, 15) is 9.59 Å². The molecule has 0 radical (unpaired) electrons. The van der Waals surface area contributed by atoms with Gasteiger partial charge in [0, 0.05) is 49.2 Å². The number of aryl methyl sites for hydroxylation is 2. The van der Waals surface area contributed by atoms with Gasteiger partial charge in [-0.15, -0.1) is 0 Å². The molecule has 0 saturated carbocycles. The van der Waals surface area contributed by atoms with Crippen LogP contribution in [-0.2, 0) is 16.0 Å². The molecule has 0 bridgehead atoms. The summed E-state index contributed by atoms with van der Waals surface area (Å²) < 4.78 is 1.87. The zero-order chi connectivity index (χ0) is 20.4. The standard InChI is InChI=1S/C22H27N5O2/c1-15-17(9-10-20(28)23-12-11-21(29)26-13-5-6-14-26)16(2)27-22(24-15)18-7-3-4-8-19(18)25-27/h3-4,7-8H,5-6,9-14H2,1-2H3,(H,23,28). The van der Waals surface area contributed by atoms with Crippen LogP contribution in [0.15, 0.2) is 24.3 Å². The van der Waals surface area contributed by atoms with Gasteiger partial charge in [0.15, 0.2) is 5.65 Å². The Labute approximate surface area is 170 Å².